The summed E-state index contributed by atoms with van der Waals surface area (Å²) in [7, 11) is 0. The highest BCUT2D eigenvalue weighted by Crippen LogP contribution is 2.35. The van der Waals surface area contributed by atoms with Gasteiger partial charge in [0.05, 0.1) is 10.2 Å². The second-order valence-electron chi connectivity index (χ2n) is 3.51. The number of aromatic nitrogens is 1. The zero-order valence-electron chi connectivity index (χ0n) is 8.68. The van der Waals surface area contributed by atoms with E-state index in [2.05, 4.69) is 10.4 Å². The summed E-state index contributed by atoms with van der Waals surface area (Å²) in [5, 5.41) is 13.7. The molecule has 3 rings (SSSR count). The number of thioether (sulfide) groups is 1. The number of thiazole rings is 1. The maximum atomic E-state index is 8.78. The van der Waals surface area contributed by atoms with E-state index in [9.17, 15) is 0 Å². The van der Waals surface area contributed by atoms with Crippen molar-refractivity contribution >= 4 is 49.2 Å². The van der Waals surface area contributed by atoms with Gasteiger partial charge in [0, 0.05) is 10.3 Å². The quantitative estimate of drug-likeness (QED) is 0.534. The molecule has 0 unspecified atom stereocenters. The normalized spacial score (nSPS) is 10.8. The van der Waals surface area contributed by atoms with Crippen LogP contribution in [0.2, 0.25) is 0 Å². The number of rotatable bonds is 1. The van der Waals surface area contributed by atoms with Crippen molar-refractivity contribution in [2.75, 3.05) is 5.73 Å². The van der Waals surface area contributed by atoms with Crippen LogP contribution in [0.1, 0.15) is 0 Å². The van der Waals surface area contributed by atoms with Crippen LogP contribution < -0.4 is 5.73 Å². The molecule has 2 N–H and O–H groups in total. The van der Waals surface area contributed by atoms with Gasteiger partial charge in [-0.25, -0.2) is 4.98 Å². The Morgan fingerprint density at radius 3 is 2.94 bits per heavy atom. The minimum Gasteiger partial charge on any atom is -0.375 e. The summed E-state index contributed by atoms with van der Waals surface area (Å²) >= 11 is 2.66. The number of nitrogen functional groups attached to an aromatic ring is 1. The number of fused-ring (bicyclic) bond motifs is 3. The van der Waals surface area contributed by atoms with Crippen LogP contribution in [0, 0.1) is 10.7 Å². The van der Waals surface area contributed by atoms with Crippen LogP contribution in [0.4, 0.5) is 5.13 Å². The number of nitriles is 1. The summed E-state index contributed by atoms with van der Waals surface area (Å²) in [6.07, 6.45) is 0. The van der Waals surface area contributed by atoms with Gasteiger partial charge in [0.15, 0.2) is 5.13 Å². The molecular formula is C12H7N3S2. The molecule has 0 atom stereocenters. The molecule has 0 spiro atoms. The number of hydrogen-bond donors (Lipinski definition) is 1. The average molecular weight is 257 g/mol. The second kappa shape index (κ2) is 3.91. The van der Waals surface area contributed by atoms with Crippen LogP contribution in [0.25, 0.3) is 21.0 Å². The number of nitrogens with zero attached hydrogens (tertiary/aromatic N) is 2. The van der Waals surface area contributed by atoms with E-state index >= 15 is 0 Å². The second-order valence-corrected chi connectivity index (χ2v) is 5.37. The minimum atomic E-state index is 0.575. The lowest BCUT2D eigenvalue weighted by Gasteiger charge is -2.02. The Hall–Kier alpha value is -1.77. The molecule has 0 radical (unpaired) electrons. The minimum absolute atomic E-state index is 0.575. The SMILES string of the molecule is N#CSc1cccc2c1ccc1nc(N)sc12. The van der Waals surface area contributed by atoms with Crippen molar-refractivity contribution in [3.8, 4) is 5.40 Å². The lowest BCUT2D eigenvalue weighted by Crippen LogP contribution is -1.79. The van der Waals surface area contributed by atoms with Gasteiger partial charge < -0.3 is 5.73 Å². The standard InChI is InChI=1S/C12H7N3S2/c13-6-16-10-3-1-2-8-7(10)4-5-9-11(8)17-12(14)15-9/h1-5H,(H2,14,15). The molecule has 0 saturated heterocycles. The van der Waals surface area contributed by atoms with E-state index in [1.165, 1.54) is 23.1 Å². The zero-order valence-corrected chi connectivity index (χ0v) is 10.3. The fourth-order valence-electron chi connectivity index (χ4n) is 1.87. The van der Waals surface area contributed by atoms with Crippen LogP contribution in [-0.4, -0.2) is 4.98 Å². The highest BCUT2D eigenvalue weighted by molar-refractivity contribution is 8.04. The summed E-state index contributed by atoms with van der Waals surface area (Å²) in [4.78, 5) is 5.23. The first-order valence-corrected chi connectivity index (χ1v) is 6.56. The molecule has 0 bridgehead atoms. The van der Waals surface area contributed by atoms with Gasteiger partial charge in [0.1, 0.15) is 5.40 Å². The highest BCUT2D eigenvalue weighted by atomic mass is 32.2. The number of anilines is 1. The number of benzene rings is 2. The van der Waals surface area contributed by atoms with E-state index in [0.29, 0.717) is 5.13 Å². The average Bonchev–Trinajstić information content (AvgIpc) is 2.70. The van der Waals surface area contributed by atoms with Gasteiger partial charge in [-0.3, -0.25) is 0 Å². The summed E-state index contributed by atoms with van der Waals surface area (Å²) in [5.41, 5.74) is 6.64. The van der Waals surface area contributed by atoms with Gasteiger partial charge in [0.2, 0.25) is 0 Å². The molecule has 1 heterocycles. The first-order chi connectivity index (χ1) is 8.29. The van der Waals surface area contributed by atoms with Crippen molar-refractivity contribution in [3.63, 3.8) is 0 Å². The Bertz CT molecular complexity index is 755. The topological polar surface area (TPSA) is 62.7 Å². The van der Waals surface area contributed by atoms with Crippen molar-refractivity contribution in [1.82, 2.24) is 4.98 Å². The summed E-state index contributed by atoms with van der Waals surface area (Å²) in [6, 6.07) is 9.89. The third-order valence-electron chi connectivity index (χ3n) is 2.54. The van der Waals surface area contributed by atoms with Gasteiger partial charge in [-0.2, -0.15) is 5.26 Å². The van der Waals surface area contributed by atoms with Gasteiger partial charge in [-0.1, -0.05) is 29.5 Å². The first-order valence-electron chi connectivity index (χ1n) is 4.93. The summed E-state index contributed by atoms with van der Waals surface area (Å²) in [5.74, 6) is 0. The molecule has 17 heavy (non-hydrogen) atoms. The molecule has 0 aliphatic heterocycles. The van der Waals surface area contributed by atoms with Crippen LogP contribution in [0.15, 0.2) is 35.2 Å². The van der Waals surface area contributed by atoms with Crippen molar-refractivity contribution < 1.29 is 0 Å². The van der Waals surface area contributed by atoms with Crippen LogP contribution in [0.5, 0.6) is 0 Å². The molecule has 82 valence electrons. The van der Waals surface area contributed by atoms with Crippen molar-refractivity contribution in [2.24, 2.45) is 0 Å². The third-order valence-corrected chi connectivity index (χ3v) is 4.14. The Kier molecular flexibility index (Phi) is 2.39. The highest BCUT2D eigenvalue weighted by Gasteiger charge is 2.08. The third kappa shape index (κ3) is 1.62. The van der Waals surface area contributed by atoms with Gasteiger partial charge in [-0.05, 0) is 29.3 Å². The maximum absolute atomic E-state index is 8.78. The molecule has 0 aliphatic carbocycles. The van der Waals surface area contributed by atoms with Crippen molar-refractivity contribution in [2.45, 2.75) is 4.90 Å². The van der Waals surface area contributed by atoms with Crippen LogP contribution in [-0.2, 0) is 0 Å². The molecule has 0 aliphatic rings. The maximum Gasteiger partial charge on any atom is 0.181 e. The summed E-state index contributed by atoms with van der Waals surface area (Å²) in [6.45, 7) is 0. The largest absolute Gasteiger partial charge is 0.375 e. The van der Waals surface area contributed by atoms with E-state index in [1.807, 2.05) is 30.3 Å². The first kappa shape index (κ1) is 10.4. The predicted octanol–water partition coefficient (Wildman–Crippen LogP) is 3.60. The van der Waals surface area contributed by atoms with Gasteiger partial charge in [-0.15, -0.1) is 0 Å². The van der Waals surface area contributed by atoms with Gasteiger partial charge in [0.25, 0.3) is 0 Å². The molecule has 2 aromatic carbocycles. The molecule has 3 nitrogen and oxygen atoms in total. The Morgan fingerprint density at radius 2 is 2.12 bits per heavy atom. The van der Waals surface area contributed by atoms with Crippen molar-refractivity contribution in [3.05, 3.63) is 30.3 Å². The van der Waals surface area contributed by atoms with E-state index in [0.717, 1.165) is 25.9 Å². The molecular weight excluding hydrogens is 250 g/mol. The van der Waals surface area contributed by atoms with E-state index in [4.69, 9.17) is 11.0 Å². The fourth-order valence-corrected chi connectivity index (χ4v) is 3.26. The Morgan fingerprint density at radius 1 is 1.24 bits per heavy atom. The molecule has 0 saturated carbocycles. The molecule has 3 aromatic rings. The lowest BCUT2D eigenvalue weighted by atomic mass is 10.1. The number of nitrogens with two attached hydrogens (primary N) is 1. The van der Waals surface area contributed by atoms with E-state index < -0.39 is 0 Å². The van der Waals surface area contributed by atoms with Crippen LogP contribution in [0.3, 0.4) is 0 Å². The fraction of sp³-hybridized carbons (Fsp3) is 0. The predicted molar refractivity (Wildman–Crippen MR) is 73.0 cm³/mol. The van der Waals surface area contributed by atoms with Crippen LogP contribution >= 0.6 is 23.1 Å². The molecule has 0 amide bonds. The number of hydrogen-bond acceptors (Lipinski definition) is 5. The molecule has 5 heteroatoms. The van der Waals surface area contributed by atoms with E-state index in [-0.39, 0.29) is 0 Å². The molecule has 0 fully saturated rings. The summed E-state index contributed by atoms with van der Waals surface area (Å²) < 4.78 is 1.08. The molecule has 1 aromatic heterocycles. The van der Waals surface area contributed by atoms with Crippen molar-refractivity contribution in [1.29, 1.82) is 5.26 Å². The van der Waals surface area contributed by atoms with Gasteiger partial charge >= 0.3 is 0 Å². The number of thiocyanates is 1. The lowest BCUT2D eigenvalue weighted by molar-refractivity contribution is 1.49. The Labute approximate surface area is 106 Å². The smallest absolute Gasteiger partial charge is 0.181 e. The van der Waals surface area contributed by atoms with E-state index in [1.54, 1.807) is 0 Å². The Balaban J connectivity index is 2.44. The monoisotopic (exact) mass is 257 g/mol. The zero-order chi connectivity index (χ0) is 11.8.